The third-order valence-corrected chi connectivity index (χ3v) is 1.97. The molecule has 0 unspecified atom stereocenters. The van der Waals surface area contributed by atoms with Gasteiger partial charge in [0.15, 0.2) is 0 Å². The normalized spacial score (nSPS) is 10.2. The zero-order chi connectivity index (χ0) is 9.84. The number of nitrogens with zero attached hydrogens (tertiary/aromatic N) is 1. The van der Waals surface area contributed by atoms with Gasteiger partial charge < -0.3 is 10.6 Å². The second-order valence-corrected chi connectivity index (χ2v) is 3.17. The number of hydrogen-bond donors (Lipinski definition) is 1. The summed E-state index contributed by atoms with van der Waals surface area (Å²) in [6, 6.07) is 5.08. The molecule has 2 N–H and O–H groups in total. The van der Waals surface area contributed by atoms with Crippen molar-refractivity contribution >= 4 is 5.69 Å². The molecule has 0 saturated carbocycles. The first-order valence-electron chi connectivity index (χ1n) is 4.31. The van der Waals surface area contributed by atoms with E-state index in [1.54, 1.807) is 6.07 Å². The van der Waals surface area contributed by atoms with Crippen LogP contribution in [-0.2, 0) is 6.42 Å². The molecule has 1 rings (SSSR count). The van der Waals surface area contributed by atoms with Crippen molar-refractivity contribution in [2.24, 2.45) is 5.73 Å². The number of halogens is 1. The second-order valence-electron chi connectivity index (χ2n) is 3.17. The quantitative estimate of drug-likeness (QED) is 0.765. The van der Waals surface area contributed by atoms with E-state index in [0.717, 1.165) is 5.69 Å². The third kappa shape index (κ3) is 2.18. The van der Waals surface area contributed by atoms with Crippen LogP contribution in [0, 0.1) is 5.82 Å². The molecule has 0 radical (unpaired) electrons. The average molecular weight is 182 g/mol. The van der Waals surface area contributed by atoms with E-state index in [2.05, 4.69) is 0 Å². The maximum atomic E-state index is 13.3. The Morgan fingerprint density at radius 1 is 1.38 bits per heavy atom. The third-order valence-electron chi connectivity index (χ3n) is 1.97. The highest BCUT2D eigenvalue weighted by Gasteiger charge is 2.08. The van der Waals surface area contributed by atoms with Crippen LogP contribution in [0.4, 0.5) is 10.1 Å². The summed E-state index contributed by atoms with van der Waals surface area (Å²) >= 11 is 0. The van der Waals surface area contributed by atoms with Gasteiger partial charge >= 0.3 is 0 Å². The van der Waals surface area contributed by atoms with E-state index in [1.165, 1.54) is 6.07 Å². The van der Waals surface area contributed by atoms with Crippen LogP contribution >= 0.6 is 0 Å². The maximum absolute atomic E-state index is 13.3. The Balaban J connectivity index is 3.09. The molecule has 1 aromatic rings. The van der Waals surface area contributed by atoms with Gasteiger partial charge in [-0.1, -0.05) is 6.07 Å². The first-order valence-corrected chi connectivity index (χ1v) is 4.31. The van der Waals surface area contributed by atoms with Gasteiger partial charge in [-0.15, -0.1) is 0 Å². The van der Waals surface area contributed by atoms with E-state index in [9.17, 15) is 4.39 Å². The van der Waals surface area contributed by atoms with Gasteiger partial charge in [0.1, 0.15) is 5.82 Å². The molecular formula is C10H15FN2. The minimum atomic E-state index is -0.170. The fraction of sp³-hybridized carbons (Fsp3) is 0.400. The molecule has 0 heterocycles. The zero-order valence-electron chi connectivity index (χ0n) is 8.05. The van der Waals surface area contributed by atoms with Gasteiger partial charge in [0.05, 0.1) is 0 Å². The Labute approximate surface area is 78.2 Å². The highest BCUT2D eigenvalue weighted by Crippen LogP contribution is 2.21. The summed E-state index contributed by atoms with van der Waals surface area (Å²) in [6.45, 7) is 0.474. The number of hydrogen-bond acceptors (Lipinski definition) is 2. The first kappa shape index (κ1) is 9.99. The minimum absolute atomic E-state index is 0.170. The van der Waals surface area contributed by atoms with Crippen molar-refractivity contribution < 1.29 is 4.39 Å². The molecule has 0 bridgehead atoms. The molecular weight excluding hydrogens is 167 g/mol. The van der Waals surface area contributed by atoms with E-state index in [1.807, 2.05) is 25.1 Å². The molecule has 0 saturated heterocycles. The zero-order valence-corrected chi connectivity index (χ0v) is 8.05. The van der Waals surface area contributed by atoms with E-state index in [4.69, 9.17) is 5.73 Å². The van der Waals surface area contributed by atoms with Crippen LogP contribution in [0.5, 0.6) is 0 Å². The molecule has 0 amide bonds. The van der Waals surface area contributed by atoms with Crippen LogP contribution < -0.4 is 10.6 Å². The molecule has 72 valence electrons. The number of anilines is 1. The molecule has 1 aromatic carbocycles. The van der Waals surface area contributed by atoms with Crippen LogP contribution in [0.2, 0.25) is 0 Å². The topological polar surface area (TPSA) is 29.3 Å². The van der Waals surface area contributed by atoms with Gasteiger partial charge in [-0.2, -0.15) is 0 Å². The van der Waals surface area contributed by atoms with Crippen LogP contribution in [0.15, 0.2) is 18.2 Å². The predicted octanol–water partition coefficient (Wildman–Crippen LogP) is 1.39. The van der Waals surface area contributed by atoms with Crippen LogP contribution in [0.3, 0.4) is 0 Å². The largest absolute Gasteiger partial charge is 0.377 e. The molecule has 0 atom stereocenters. The summed E-state index contributed by atoms with van der Waals surface area (Å²) in [5.74, 6) is -0.170. The van der Waals surface area contributed by atoms with Crippen molar-refractivity contribution in [2.45, 2.75) is 6.42 Å². The van der Waals surface area contributed by atoms with Gasteiger partial charge in [0.25, 0.3) is 0 Å². The number of rotatable bonds is 3. The van der Waals surface area contributed by atoms with Crippen molar-refractivity contribution in [3.05, 3.63) is 29.6 Å². The Kier molecular flexibility index (Phi) is 3.25. The van der Waals surface area contributed by atoms with Crippen molar-refractivity contribution in [1.82, 2.24) is 0 Å². The SMILES string of the molecule is CN(C)c1cccc(F)c1CCN. The van der Waals surface area contributed by atoms with Crippen molar-refractivity contribution in [3.63, 3.8) is 0 Å². The number of benzene rings is 1. The van der Waals surface area contributed by atoms with E-state index < -0.39 is 0 Å². The monoisotopic (exact) mass is 182 g/mol. The van der Waals surface area contributed by atoms with Gasteiger partial charge in [-0.3, -0.25) is 0 Å². The lowest BCUT2D eigenvalue weighted by molar-refractivity contribution is 0.609. The number of nitrogens with two attached hydrogens (primary N) is 1. The van der Waals surface area contributed by atoms with Gasteiger partial charge in [-0.05, 0) is 25.1 Å². The molecule has 2 nitrogen and oxygen atoms in total. The second kappa shape index (κ2) is 4.23. The van der Waals surface area contributed by atoms with E-state index in [0.29, 0.717) is 18.5 Å². The summed E-state index contributed by atoms with van der Waals surface area (Å²) in [5.41, 5.74) is 7.02. The fourth-order valence-corrected chi connectivity index (χ4v) is 1.36. The van der Waals surface area contributed by atoms with E-state index >= 15 is 0 Å². The summed E-state index contributed by atoms with van der Waals surface area (Å²) in [5, 5.41) is 0. The van der Waals surface area contributed by atoms with Crippen molar-refractivity contribution in [2.75, 3.05) is 25.5 Å². The minimum Gasteiger partial charge on any atom is -0.377 e. The summed E-state index contributed by atoms with van der Waals surface area (Å²) < 4.78 is 13.3. The Bertz CT molecular complexity index is 284. The Morgan fingerprint density at radius 3 is 2.62 bits per heavy atom. The fourth-order valence-electron chi connectivity index (χ4n) is 1.36. The van der Waals surface area contributed by atoms with Gasteiger partial charge in [0.2, 0.25) is 0 Å². The van der Waals surface area contributed by atoms with Crippen LogP contribution in [-0.4, -0.2) is 20.6 Å². The summed E-state index contributed by atoms with van der Waals surface area (Å²) in [6.07, 6.45) is 0.584. The van der Waals surface area contributed by atoms with Crippen LogP contribution in [0.1, 0.15) is 5.56 Å². The molecule has 0 aromatic heterocycles. The molecule has 0 aliphatic carbocycles. The molecule has 13 heavy (non-hydrogen) atoms. The van der Waals surface area contributed by atoms with Crippen molar-refractivity contribution in [1.29, 1.82) is 0 Å². The first-order chi connectivity index (χ1) is 6.16. The molecule has 0 spiro atoms. The van der Waals surface area contributed by atoms with Gasteiger partial charge in [-0.25, -0.2) is 4.39 Å². The van der Waals surface area contributed by atoms with Gasteiger partial charge in [0, 0.05) is 25.3 Å². The maximum Gasteiger partial charge on any atom is 0.128 e. The Hall–Kier alpha value is -1.09. The highest BCUT2D eigenvalue weighted by atomic mass is 19.1. The lowest BCUT2D eigenvalue weighted by Crippen LogP contribution is -2.14. The van der Waals surface area contributed by atoms with E-state index in [-0.39, 0.29) is 5.82 Å². The molecule has 0 aliphatic rings. The lowest BCUT2D eigenvalue weighted by atomic mass is 10.1. The van der Waals surface area contributed by atoms with Crippen LogP contribution in [0.25, 0.3) is 0 Å². The summed E-state index contributed by atoms with van der Waals surface area (Å²) in [7, 11) is 3.80. The highest BCUT2D eigenvalue weighted by molar-refractivity contribution is 5.53. The van der Waals surface area contributed by atoms with Crippen molar-refractivity contribution in [3.8, 4) is 0 Å². The average Bonchev–Trinajstić information content (AvgIpc) is 2.08. The lowest BCUT2D eigenvalue weighted by Gasteiger charge is -2.17. The predicted molar refractivity (Wildman–Crippen MR) is 53.5 cm³/mol. The molecule has 0 fully saturated rings. The molecule has 3 heteroatoms. The smallest absolute Gasteiger partial charge is 0.128 e. The Morgan fingerprint density at radius 2 is 2.08 bits per heavy atom. The summed E-state index contributed by atoms with van der Waals surface area (Å²) in [4.78, 5) is 1.90. The molecule has 0 aliphatic heterocycles. The standard InChI is InChI=1S/C10H15FN2/c1-13(2)10-5-3-4-9(11)8(10)6-7-12/h3-5H,6-7,12H2,1-2H3.